The maximum Gasteiger partial charge on any atom is 0.251 e. The van der Waals surface area contributed by atoms with Gasteiger partial charge in [0, 0.05) is 12.1 Å². The molecule has 0 radical (unpaired) electrons. The second-order valence-corrected chi connectivity index (χ2v) is 4.28. The molecule has 0 aliphatic heterocycles. The van der Waals surface area contributed by atoms with E-state index in [0.717, 1.165) is 5.56 Å². The summed E-state index contributed by atoms with van der Waals surface area (Å²) in [5.41, 5.74) is 1.43. The zero-order valence-corrected chi connectivity index (χ0v) is 11.3. The second-order valence-electron chi connectivity index (χ2n) is 4.28. The van der Waals surface area contributed by atoms with Crippen molar-refractivity contribution >= 4 is 5.91 Å². The standard InChI is InChI=1S/C16H17NO3/c1-2-20-15-9-8-13(10-14(15)18)16(19)17-11-12-6-4-3-5-7-12/h3-10,18H,2,11H2,1H3,(H,17,19). The zero-order chi connectivity index (χ0) is 14.4. The van der Waals surface area contributed by atoms with Crippen LogP contribution < -0.4 is 10.1 Å². The van der Waals surface area contributed by atoms with Gasteiger partial charge in [-0.25, -0.2) is 0 Å². The van der Waals surface area contributed by atoms with Crippen molar-refractivity contribution in [3.8, 4) is 11.5 Å². The van der Waals surface area contributed by atoms with Gasteiger partial charge in [0.25, 0.3) is 5.91 Å². The molecule has 2 N–H and O–H groups in total. The Morgan fingerprint density at radius 2 is 1.95 bits per heavy atom. The maximum absolute atomic E-state index is 12.0. The fraction of sp³-hybridized carbons (Fsp3) is 0.188. The van der Waals surface area contributed by atoms with Gasteiger partial charge in [-0.1, -0.05) is 30.3 Å². The Bertz CT molecular complexity index is 582. The van der Waals surface area contributed by atoms with Gasteiger partial charge < -0.3 is 15.2 Å². The molecule has 2 rings (SSSR count). The molecule has 20 heavy (non-hydrogen) atoms. The summed E-state index contributed by atoms with van der Waals surface area (Å²) in [5.74, 6) is 0.124. The third-order valence-corrected chi connectivity index (χ3v) is 2.82. The van der Waals surface area contributed by atoms with Crippen LogP contribution in [0.2, 0.25) is 0 Å². The zero-order valence-electron chi connectivity index (χ0n) is 11.3. The predicted molar refractivity (Wildman–Crippen MR) is 76.9 cm³/mol. The monoisotopic (exact) mass is 271 g/mol. The summed E-state index contributed by atoms with van der Waals surface area (Å²) in [6.07, 6.45) is 0. The van der Waals surface area contributed by atoms with Gasteiger partial charge in [-0.2, -0.15) is 0 Å². The highest BCUT2D eigenvalue weighted by Crippen LogP contribution is 2.26. The van der Waals surface area contributed by atoms with Gasteiger partial charge in [-0.05, 0) is 30.7 Å². The van der Waals surface area contributed by atoms with Crippen LogP contribution in [-0.2, 0) is 6.54 Å². The minimum absolute atomic E-state index is 0.0285. The second kappa shape index (κ2) is 6.61. The number of hydrogen-bond acceptors (Lipinski definition) is 3. The van der Waals surface area contributed by atoms with E-state index in [2.05, 4.69) is 5.32 Å². The molecular formula is C16H17NO3. The number of phenolic OH excluding ortho intramolecular Hbond substituents is 1. The van der Waals surface area contributed by atoms with Crippen molar-refractivity contribution in [1.82, 2.24) is 5.32 Å². The van der Waals surface area contributed by atoms with E-state index in [1.54, 1.807) is 12.1 Å². The van der Waals surface area contributed by atoms with Gasteiger partial charge in [-0.15, -0.1) is 0 Å². The van der Waals surface area contributed by atoms with Crippen molar-refractivity contribution < 1.29 is 14.6 Å². The molecule has 0 saturated carbocycles. The smallest absolute Gasteiger partial charge is 0.251 e. The molecule has 0 aliphatic carbocycles. The van der Waals surface area contributed by atoms with Gasteiger partial charge in [0.15, 0.2) is 11.5 Å². The lowest BCUT2D eigenvalue weighted by Crippen LogP contribution is -2.22. The van der Waals surface area contributed by atoms with Crippen LogP contribution in [0, 0.1) is 0 Å². The van der Waals surface area contributed by atoms with E-state index < -0.39 is 0 Å². The number of benzene rings is 2. The van der Waals surface area contributed by atoms with Gasteiger partial charge in [0.2, 0.25) is 0 Å². The van der Waals surface area contributed by atoms with E-state index in [9.17, 15) is 9.90 Å². The van der Waals surface area contributed by atoms with Crippen LogP contribution >= 0.6 is 0 Å². The molecule has 0 bridgehead atoms. The van der Waals surface area contributed by atoms with Gasteiger partial charge in [0.1, 0.15) is 0 Å². The van der Waals surface area contributed by atoms with E-state index in [1.807, 2.05) is 37.3 Å². The molecule has 2 aromatic rings. The first-order valence-electron chi connectivity index (χ1n) is 6.48. The Morgan fingerprint density at radius 1 is 1.20 bits per heavy atom. The summed E-state index contributed by atoms with van der Waals surface area (Å²) in [7, 11) is 0. The molecule has 104 valence electrons. The molecule has 2 aromatic carbocycles. The lowest BCUT2D eigenvalue weighted by atomic mass is 10.1. The first-order chi connectivity index (χ1) is 9.70. The Labute approximate surface area is 118 Å². The third-order valence-electron chi connectivity index (χ3n) is 2.82. The summed E-state index contributed by atoms with van der Waals surface area (Å²) in [6, 6.07) is 14.3. The number of aromatic hydroxyl groups is 1. The highest BCUT2D eigenvalue weighted by Gasteiger charge is 2.09. The molecule has 0 atom stereocenters. The fourth-order valence-electron chi connectivity index (χ4n) is 1.82. The first kappa shape index (κ1) is 13.9. The normalized spacial score (nSPS) is 10.1. The predicted octanol–water partition coefficient (Wildman–Crippen LogP) is 2.72. The quantitative estimate of drug-likeness (QED) is 0.879. The minimum atomic E-state index is -0.229. The summed E-state index contributed by atoms with van der Waals surface area (Å²) >= 11 is 0. The van der Waals surface area contributed by atoms with Crippen molar-refractivity contribution in [3.05, 3.63) is 59.7 Å². The number of phenols is 1. The molecule has 0 aromatic heterocycles. The molecule has 0 fully saturated rings. The summed E-state index contributed by atoms with van der Waals surface area (Å²) in [5, 5.41) is 12.6. The van der Waals surface area contributed by atoms with Crippen LogP contribution in [0.3, 0.4) is 0 Å². The Kier molecular flexibility index (Phi) is 4.60. The van der Waals surface area contributed by atoms with Crippen molar-refractivity contribution in [2.75, 3.05) is 6.61 Å². The van der Waals surface area contributed by atoms with E-state index in [-0.39, 0.29) is 11.7 Å². The molecule has 0 aliphatic rings. The molecule has 4 heteroatoms. The molecule has 0 spiro atoms. The molecule has 0 heterocycles. The van der Waals surface area contributed by atoms with E-state index in [1.165, 1.54) is 6.07 Å². The van der Waals surface area contributed by atoms with E-state index >= 15 is 0 Å². The number of ether oxygens (including phenoxy) is 1. The molecular weight excluding hydrogens is 254 g/mol. The van der Waals surface area contributed by atoms with Crippen LogP contribution in [0.4, 0.5) is 0 Å². The lowest BCUT2D eigenvalue weighted by molar-refractivity contribution is 0.0950. The number of rotatable bonds is 5. The van der Waals surface area contributed by atoms with Crippen LogP contribution in [-0.4, -0.2) is 17.6 Å². The number of carbonyl (C=O) groups excluding carboxylic acids is 1. The Morgan fingerprint density at radius 3 is 2.60 bits per heavy atom. The number of amides is 1. The highest BCUT2D eigenvalue weighted by molar-refractivity contribution is 5.94. The number of carbonyl (C=O) groups is 1. The molecule has 1 amide bonds. The van der Waals surface area contributed by atoms with Crippen molar-refractivity contribution in [1.29, 1.82) is 0 Å². The Balaban J connectivity index is 2.00. The Hall–Kier alpha value is -2.49. The van der Waals surface area contributed by atoms with Gasteiger partial charge >= 0.3 is 0 Å². The van der Waals surface area contributed by atoms with E-state index in [0.29, 0.717) is 24.5 Å². The molecule has 0 unspecified atom stereocenters. The van der Waals surface area contributed by atoms with Crippen LogP contribution in [0.15, 0.2) is 48.5 Å². The average Bonchev–Trinajstić information content (AvgIpc) is 2.48. The first-order valence-corrected chi connectivity index (χ1v) is 6.48. The molecule has 4 nitrogen and oxygen atoms in total. The fourth-order valence-corrected chi connectivity index (χ4v) is 1.82. The average molecular weight is 271 g/mol. The number of hydrogen-bond donors (Lipinski definition) is 2. The summed E-state index contributed by atoms with van der Waals surface area (Å²) in [4.78, 5) is 12.0. The van der Waals surface area contributed by atoms with Crippen LogP contribution in [0.25, 0.3) is 0 Å². The minimum Gasteiger partial charge on any atom is -0.504 e. The highest BCUT2D eigenvalue weighted by atomic mass is 16.5. The van der Waals surface area contributed by atoms with E-state index in [4.69, 9.17) is 4.74 Å². The van der Waals surface area contributed by atoms with Crippen LogP contribution in [0.5, 0.6) is 11.5 Å². The largest absolute Gasteiger partial charge is 0.504 e. The van der Waals surface area contributed by atoms with Gasteiger partial charge in [0.05, 0.1) is 6.61 Å². The van der Waals surface area contributed by atoms with Crippen LogP contribution in [0.1, 0.15) is 22.8 Å². The SMILES string of the molecule is CCOc1ccc(C(=O)NCc2ccccc2)cc1O. The van der Waals surface area contributed by atoms with Crippen molar-refractivity contribution in [2.45, 2.75) is 13.5 Å². The molecule has 0 saturated heterocycles. The summed E-state index contributed by atoms with van der Waals surface area (Å²) in [6.45, 7) is 2.75. The van der Waals surface area contributed by atoms with Crippen molar-refractivity contribution in [2.24, 2.45) is 0 Å². The van der Waals surface area contributed by atoms with Gasteiger partial charge in [-0.3, -0.25) is 4.79 Å². The van der Waals surface area contributed by atoms with Crippen molar-refractivity contribution in [3.63, 3.8) is 0 Å². The third kappa shape index (κ3) is 3.51. The number of nitrogens with one attached hydrogen (secondary N) is 1. The topological polar surface area (TPSA) is 58.6 Å². The maximum atomic E-state index is 12.0. The summed E-state index contributed by atoms with van der Waals surface area (Å²) < 4.78 is 5.22. The lowest BCUT2D eigenvalue weighted by Gasteiger charge is -2.08.